The lowest BCUT2D eigenvalue weighted by Gasteiger charge is -2.14. The molecule has 10 aromatic rings. The van der Waals surface area contributed by atoms with E-state index >= 15 is 0 Å². The number of nitrogens with zero attached hydrogens (tertiary/aromatic N) is 3. The maximum absolute atomic E-state index is 5.35. The first kappa shape index (κ1) is 24.4. The maximum Gasteiger partial charge on any atom is 0.165 e. The highest BCUT2D eigenvalue weighted by molar-refractivity contribution is 6.38. The van der Waals surface area contributed by atoms with E-state index in [9.17, 15) is 0 Å². The van der Waals surface area contributed by atoms with Crippen LogP contribution < -0.4 is 0 Å². The third-order valence-corrected chi connectivity index (χ3v) is 9.33. The number of hydrogen-bond acceptors (Lipinski definition) is 2. The van der Waals surface area contributed by atoms with Crippen LogP contribution in [0.15, 0.2) is 152 Å². The van der Waals surface area contributed by atoms with E-state index in [-0.39, 0.29) is 0 Å². The second kappa shape index (κ2) is 9.22. The zero-order valence-electron chi connectivity index (χ0n) is 24.3. The summed E-state index contributed by atoms with van der Waals surface area (Å²) in [5.41, 5.74) is 8.32. The van der Waals surface area contributed by atoms with Crippen molar-refractivity contribution in [3.8, 4) is 28.2 Å². The number of fused-ring (bicyclic) bond motifs is 6. The lowest BCUT2D eigenvalue weighted by atomic mass is 9.91. The summed E-state index contributed by atoms with van der Waals surface area (Å²) in [5.74, 6) is 0.839. The van der Waals surface area contributed by atoms with Gasteiger partial charge in [0, 0.05) is 16.3 Å². The molecule has 0 fully saturated rings. The largest absolute Gasteiger partial charge is 0.292 e. The molecular formula is C42H25N3. The van der Waals surface area contributed by atoms with E-state index in [1.54, 1.807) is 0 Å². The molecule has 0 amide bonds. The molecule has 0 N–H and O–H groups in total. The number of hydrogen-bond donors (Lipinski definition) is 0. The van der Waals surface area contributed by atoms with Crippen molar-refractivity contribution in [1.82, 2.24) is 14.5 Å². The van der Waals surface area contributed by atoms with Crippen LogP contribution in [0, 0.1) is 0 Å². The molecule has 45 heavy (non-hydrogen) atoms. The van der Waals surface area contributed by atoms with Crippen LogP contribution in [0.1, 0.15) is 0 Å². The summed E-state index contributed by atoms with van der Waals surface area (Å²) in [6.07, 6.45) is 0. The third-order valence-electron chi connectivity index (χ3n) is 9.33. The van der Waals surface area contributed by atoms with E-state index in [0.29, 0.717) is 0 Å². The predicted octanol–water partition coefficient (Wildman–Crippen LogP) is 11.0. The van der Waals surface area contributed by atoms with Crippen LogP contribution in [-0.4, -0.2) is 14.5 Å². The molecule has 0 aliphatic heterocycles. The van der Waals surface area contributed by atoms with E-state index in [2.05, 4.69) is 138 Å². The van der Waals surface area contributed by atoms with Crippen molar-refractivity contribution in [2.75, 3.05) is 0 Å². The average molecular weight is 572 g/mol. The topological polar surface area (TPSA) is 30.7 Å². The van der Waals surface area contributed by atoms with Crippen LogP contribution >= 0.6 is 0 Å². The Balaban J connectivity index is 1.32. The molecule has 208 valence electrons. The van der Waals surface area contributed by atoms with E-state index < -0.39 is 0 Å². The molecule has 0 aliphatic carbocycles. The molecule has 0 bridgehead atoms. The van der Waals surface area contributed by atoms with Crippen molar-refractivity contribution in [2.24, 2.45) is 0 Å². The molecule has 3 nitrogen and oxygen atoms in total. The number of benzene rings is 8. The smallest absolute Gasteiger partial charge is 0.165 e. The first-order valence-electron chi connectivity index (χ1n) is 15.4. The van der Waals surface area contributed by atoms with Gasteiger partial charge < -0.3 is 0 Å². The minimum Gasteiger partial charge on any atom is -0.292 e. The van der Waals surface area contributed by atoms with Crippen molar-refractivity contribution in [3.05, 3.63) is 152 Å². The van der Waals surface area contributed by atoms with Crippen LogP contribution in [0.25, 0.3) is 93.4 Å². The summed E-state index contributed by atoms with van der Waals surface area (Å²) in [7, 11) is 0. The summed E-state index contributed by atoms with van der Waals surface area (Å²) in [6.45, 7) is 0. The second-order valence-electron chi connectivity index (χ2n) is 11.8. The Morgan fingerprint density at radius 1 is 0.356 bits per heavy atom. The molecule has 2 aromatic heterocycles. The van der Waals surface area contributed by atoms with Gasteiger partial charge in [0.2, 0.25) is 0 Å². The van der Waals surface area contributed by atoms with Crippen LogP contribution in [-0.2, 0) is 0 Å². The quantitative estimate of drug-likeness (QED) is 0.198. The zero-order valence-corrected chi connectivity index (χ0v) is 24.3. The molecule has 0 saturated heterocycles. The monoisotopic (exact) mass is 571 g/mol. The maximum atomic E-state index is 5.35. The molecular weight excluding hydrogens is 546 g/mol. The molecule has 0 unspecified atom stereocenters. The number of para-hydroxylation sites is 2. The van der Waals surface area contributed by atoms with Gasteiger partial charge in [0.25, 0.3) is 0 Å². The minimum atomic E-state index is 0.839. The van der Waals surface area contributed by atoms with Gasteiger partial charge in [-0.15, -0.1) is 0 Å². The molecule has 2 heterocycles. The van der Waals surface area contributed by atoms with Crippen LogP contribution in [0.4, 0.5) is 0 Å². The fraction of sp³-hybridized carbons (Fsp3) is 0. The fourth-order valence-corrected chi connectivity index (χ4v) is 7.35. The molecule has 8 aromatic carbocycles. The third kappa shape index (κ3) is 3.46. The van der Waals surface area contributed by atoms with E-state index in [1.165, 1.54) is 54.2 Å². The molecule has 0 aliphatic rings. The van der Waals surface area contributed by atoms with Gasteiger partial charge in [-0.3, -0.25) is 4.57 Å². The standard InChI is InChI=1S/C42H25N3/c1-2-10-26(11-3-1)27-20-22-29(23-21-27)41-42(44-35-17-7-6-16-34(35)43-41)45-36-18-8-14-31-32-25-24-28-12-4-5-13-30(28)38(32)33-15-9-19-37(45)40(33)39(31)36/h1-25H. The molecule has 10 rings (SSSR count). The van der Waals surface area contributed by atoms with Gasteiger partial charge >= 0.3 is 0 Å². The Morgan fingerprint density at radius 3 is 1.73 bits per heavy atom. The summed E-state index contributed by atoms with van der Waals surface area (Å²) < 4.78 is 2.34. The van der Waals surface area contributed by atoms with Crippen LogP contribution in [0.5, 0.6) is 0 Å². The van der Waals surface area contributed by atoms with Gasteiger partial charge in [-0.1, -0.05) is 127 Å². The summed E-state index contributed by atoms with van der Waals surface area (Å²) in [6, 6.07) is 54.0. The van der Waals surface area contributed by atoms with Crippen molar-refractivity contribution in [3.63, 3.8) is 0 Å². The number of rotatable bonds is 3. The Kier molecular flexibility index (Phi) is 5.00. The van der Waals surface area contributed by atoms with E-state index in [1.807, 2.05) is 18.2 Å². The van der Waals surface area contributed by atoms with Crippen molar-refractivity contribution < 1.29 is 0 Å². The van der Waals surface area contributed by atoms with Gasteiger partial charge in [0.15, 0.2) is 5.82 Å². The van der Waals surface area contributed by atoms with Crippen molar-refractivity contribution in [1.29, 1.82) is 0 Å². The first-order valence-corrected chi connectivity index (χ1v) is 15.4. The molecule has 0 radical (unpaired) electrons. The van der Waals surface area contributed by atoms with E-state index in [0.717, 1.165) is 39.1 Å². The lowest BCUT2D eigenvalue weighted by molar-refractivity contribution is 1.08. The van der Waals surface area contributed by atoms with Crippen LogP contribution in [0.2, 0.25) is 0 Å². The first-order chi connectivity index (χ1) is 22.3. The Bertz CT molecular complexity index is 2740. The fourth-order valence-electron chi connectivity index (χ4n) is 7.35. The summed E-state index contributed by atoms with van der Waals surface area (Å²) in [4.78, 5) is 10.6. The van der Waals surface area contributed by atoms with Gasteiger partial charge in [-0.2, -0.15) is 0 Å². The Morgan fingerprint density at radius 2 is 0.933 bits per heavy atom. The van der Waals surface area contributed by atoms with Crippen molar-refractivity contribution >= 4 is 65.2 Å². The van der Waals surface area contributed by atoms with Gasteiger partial charge in [0.05, 0.1) is 22.1 Å². The molecule has 0 spiro atoms. The lowest BCUT2D eigenvalue weighted by Crippen LogP contribution is -2.03. The highest BCUT2D eigenvalue weighted by Gasteiger charge is 2.23. The van der Waals surface area contributed by atoms with Crippen LogP contribution in [0.3, 0.4) is 0 Å². The molecule has 3 heteroatoms. The van der Waals surface area contributed by atoms with Gasteiger partial charge in [-0.25, -0.2) is 9.97 Å². The normalized spacial score (nSPS) is 12.0. The highest BCUT2D eigenvalue weighted by atomic mass is 15.1. The second-order valence-corrected chi connectivity index (χ2v) is 11.8. The van der Waals surface area contributed by atoms with Crippen molar-refractivity contribution in [2.45, 2.75) is 0 Å². The Labute approximate surface area is 259 Å². The average Bonchev–Trinajstić information content (AvgIpc) is 3.46. The SMILES string of the molecule is c1ccc(-c2ccc(-c3nc4ccccc4nc3-n3c4cccc5c6ccc7ccccc7c6c6cccc3c6c54)cc2)cc1. The number of aromatic nitrogens is 3. The minimum absolute atomic E-state index is 0.839. The summed E-state index contributed by atoms with van der Waals surface area (Å²) >= 11 is 0. The Hall–Kier alpha value is -6.06. The van der Waals surface area contributed by atoms with E-state index in [4.69, 9.17) is 9.97 Å². The zero-order chi connectivity index (χ0) is 29.5. The van der Waals surface area contributed by atoms with Gasteiger partial charge in [-0.05, 0) is 67.7 Å². The molecule has 0 saturated carbocycles. The highest BCUT2D eigenvalue weighted by Crippen LogP contribution is 2.46. The predicted molar refractivity (Wildman–Crippen MR) is 188 cm³/mol. The van der Waals surface area contributed by atoms with Gasteiger partial charge in [0.1, 0.15) is 5.69 Å². The summed E-state index contributed by atoms with van der Waals surface area (Å²) in [5, 5.41) is 10.2. The molecule has 0 atom stereocenters.